The van der Waals surface area contributed by atoms with Gasteiger partial charge in [-0.2, -0.15) is 0 Å². The molecule has 0 bridgehead atoms. The summed E-state index contributed by atoms with van der Waals surface area (Å²) in [6, 6.07) is 0. The summed E-state index contributed by atoms with van der Waals surface area (Å²) >= 11 is 2.93. The monoisotopic (exact) mass is 184 g/mol. The summed E-state index contributed by atoms with van der Waals surface area (Å²) in [6.07, 6.45) is 0. The van der Waals surface area contributed by atoms with E-state index in [0.29, 0.717) is 0 Å². The van der Waals surface area contributed by atoms with Crippen LogP contribution in [-0.4, -0.2) is 39.5 Å². The molecule has 50 valence electrons. The van der Waals surface area contributed by atoms with Crippen molar-refractivity contribution in [2.45, 2.75) is 4.32 Å². The molecule has 0 aromatic rings. The van der Waals surface area contributed by atoms with E-state index in [4.69, 9.17) is 15.3 Å². The Morgan fingerprint density at radius 1 is 1.00 bits per heavy atom. The lowest BCUT2D eigenvalue weighted by atomic mass is 10.2. The van der Waals surface area contributed by atoms with Crippen molar-refractivity contribution >= 4 is 15.9 Å². The van der Waals surface area contributed by atoms with Crippen LogP contribution in [-0.2, 0) is 0 Å². The Bertz CT molecular complexity index is 54.0. The molecule has 0 fully saturated rings. The first kappa shape index (κ1) is 8.36. The smallest absolute Gasteiger partial charge is 0.0947 e. The van der Waals surface area contributed by atoms with E-state index in [1.54, 1.807) is 0 Å². The van der Waals surface area contributed by atoms with Crippen molar-refractivity contribution in [3.63, 3.8) is 0 Å². The minimum atomic E-state index is -0.896. The van der Waals surface area contributed by atoms with Gasteiger partial charge in [0.1, 0.15) is 0 Å². The van der Waals surface area contributed by atoms with Gasteiger partial charge in [-0.25, -0.2) is 0 Å². The second-order valence-electron chi connectivity index (χ2n) is 1.63. The minimum Gasteiger partial charge on any atom is -0.395 e. The van der Waals surface area contributed by atoms with Crippen LogP contribution in [0, 0.1) is 0 Å². The quantitative estimate of drug-likeness (QED) is 0.499. The lowest BCUT2D eigenvalue weighted by Crippen LogP contribution is -2.34. The Balaban J connectivity index is 3.58. The molecule has 3 nitrogen and oxygen atoms in total. The molecule has 0 atom stereocenters. The highest BCUT2D eigenvalue weighted by Gasteiger charge is 2.22. The maximum atomic E-state index is 8.42. The summed E-state index contributed by atoms with van der Waals surface area (Å²) in [4.78, 5) is 0. The summed E-state index contributed by atoms with van der Waals surface area (Å²) in [7, 11) is 0. The average molecular weight is 185 g/mol. The van der Waals surface area contributed by atoms with Crippen molar-refractivity contribution < 1.29 is 15.3 Å². The summed E-state index contributed by atoms with van der Waals surface area (Å²) in [6.45, 7) is -0.792. The van der Waals surface area contributed by atoms with Crippen LogP contribution in [0.5, 0.6) is 0 Å². The highest BCUT2D eigenvalue weighted by molar-refractivity contribution is 9.10. The molecule has 0 aliphatic heterocycles. The van der Waals surface area contributed by atoms with E-state index in [0.717, 1.165) is 0 Å². The first-order chi connectivity index (χ1) is 3.68. The van der Waals surface area contributed by atoms with Crippen LogP contribution in [0.4, 0.5) is 0 Å². The van der Waals surface area contributed by atoms with Gasteiger partial charge in [0, 0.05) is 0 Å². The van der Waals surface area contributed by atoms with Crippen molar-refractivity contribution in [1.82, 2.24) is 0 Å². The van der Waals surface area contributed by atoms with Crippen molar-refractivity contribution in [1.29, 1.82) is 0 Å². The normalized spacial score (nSPS) is 12.0. The molecule has 0 saturated carbocycles. The van der Waals surface area contributed by atoms with E-state index in [-0.39, 0.29) is 19.8 Å². The maximum absolute atomic E-state index is 8.42. The first-order valence-electron chi connectivity index (χ1n) is 2.20. The molecular weight excluding hydrogens is 176 g/mol. The Kier molecular flexibility index (Phi) is 3.55. The molecule has 3 N–H and O–H groups in total. The van der Waals surface area contributed by atoms with E-state index in [9.17, 15) is 0 Å². The van der Waals surface area contributed by atoms with Crippen molar-refractivity contribution in [2.24, 2.45) is 0 Å². The topological polar surface area (TPSA) is 60.7 Å². The SMILES string of the molecule is OCC(Br)(CO)CO. The molecular formula is C4H9BrO3. The third-order valence-electron chi connectivity index (χ3n) is 0.850. The Morgan fingerprint density at radius 3 is 1.25 bits per heavy atom. The molecule has 0 rings (SSSR count). The largest absolute Gasteiger partial charge is 0.395 e. The van der Waals surface area contributed by atoms with Gasteiger partial charge >= 0.3 is 0 Å². The van der Waals surface area contributed by atoms with Crippen molar-refractivity contribution in [3.8, 4) is 0 Å². The maximum Gasteiger partial charge on any atom is 0.0947 e. The predicted octanol–water partition coefficient (Wildman–Crippen LogP) is -0.903. The lowest BCUT2D eigenvalue weighted by Gasteiger charge is -2.17. The lowest BCUT2D eigenvalue weighted by molar-refractivity contribution is 0.124. The highest BCUT2D eigenvalue weighted by Crippen LogP contribution is 2.14. The standard InChI is InChI=1S/C4H9BrO3/c5-4(1-6,2-7)3-8/h6-8H,1-3H2. The summed E-state index contributed by atoms with van der Waals surface area (Å²) in [5.74, 6) is 0. The fraction of sp³-hybridized carbons (Fsp3) is 1.00. The zero-order chi connectivity index (χ0) is 6.62. The van der Waals surface area contributed by atoms with Gasteiger partial charge in [0.15, 0.2) is 0 Å². The molecule has 0 unspecified atom stereocenters. The van der Waals surface area contributed by atoms with Crippen LogP contribution in [0.2, 0.25) is 0 Å². The fourth-order valence-electron chi connectivity index (χ4n) is 0.150. The number of aliphatic hydroxyl groups excluding tert-OH is 3. The third-order valence-corrected chi connectivity index (χ3v) is 1.60. The summed E-state index contributed by atoms with van der Waals surface area (Å²) < 4.78 is -0.896. The van der Waals surface area contributed by atoms with Gasteiger partial charge in [0.05, 0.1) is 24.1 Å². The van der Waals surface area contributed by atoms with Gasteiger partial charge in [0.25, 0.3) is 0 Å². The fourth-order valence-corrected chi connectivity index (χ4v) is 0.150. The van der Waals surface area contributed by atoms with Gasteiger partial charge in [-0.3, -0.25) is 0 Å². The molecule has 8 heavy (non-hydrogen) atoms. The molecule has 0 spiro atoms. The average Bonchev–Trinajstić information content (AvgIpc) is 1.87. The zero-order valence-electron chi connectivity index (χ0n) is 4.34. The number of hydrogen-bond donors (Lipinski definition) is 3. The van der Waals surface area contributed by atoms with E-state index in [1.165, 1.54) is 0 Å². The van der Waals surface area contributed by atoms with E-state index >= 15 is 0 Å². The summed E-state index contributed by atoms with van der Waals surface area (Å²) in [5, 5.41) is 25.3. The van der Waals surface area contributed by atoms with Gasteiger partial charge in [-0.1, -0.05) is 15.9 Å². The number of aliphatic hydroxyl groups is 3. The van der Waals surface area contributed by atoms with E-state index in [1.807, 2.05) is 0 Å². The van der Waals surface area contributed by atoms with Gasteiger partial charge in [-0.05, 0) is 0 Å². The Labute approximate surface area is 56.1 Å². The molecule has 0 amide bonds. The van der Waals surface area contributed by atoms with Crippen molar-refractivity contribution in [2.75, 3.05) is 19.8 Å². The second-order valence-corrected chi connectivity index (χ2v) is 3.31. The highest BCUT2D eigenvalue weighted by atomic mass is 79.9. The van der Waals surface area contributed by atoms with Crippen LogP contribution >= 0.6 is 15.9 Å². The van der Waals surface area contributed by atoms with Crippen LogP contribution in [0.1, 0.15) is 0 Å². The molecule has 0 aromatic heterocycles. The number of alkyl halides is 1. The molecule has 0 radical (unpaired) electrons. The first-order valence-corrected chi connectivity index (χ1v) is 2.99. The molecule has 0 aromatic carbocycles. The number of rotatable bonds is 3. The van der Waals surface area contributed by atoms with Gasteiger partial charge in [0.2, 0.25) is 0 Å². The van der Waals surface area contributed by atoms with Crippen LogP contribution in [0.25, 0.3) is 0 Å². The number of halogens is 1. The van der Waals surface area contributed by atoms with Crippen LogP contribution in [0.15, 0.2) is 0 Å². The zero-order valence-corrected chi connectivity index (χ0v) is 5.93. The minimum absolute atomic E-state index is 0.264. The molecule has 0 heterocycles. The number of hydrogen-bond acceptors (Lipinski definition) is 3. The second kappa shape index (κ2) is 3.40. The third kappa shape index (κ3) is 2.09. The van der Waals surface area contributed by atoms with E-state index in [2.05, 4.69) is 15.9 Å². The van der Waals surface area contributed by atoms with Crippen LogP contribution in [0.3, 0.4) is 0 Å². The Morgan fingerprint density at radius 2 is 1.25 bits per heavy atom. The van der Waals surface area contributed by atoms with Gasteiger partial charge in [-0.15, -0.1) is 0 Å². The van der Waals surface area contributed by atoms with E-state index < -0.39 is 4.32 Å². The molecule has 0 aliphatic carbocycles. The molecule has 0 saturated heterocycles. The Hall–Kier alpha value is 0.360. The van der Waals surface area contributed by atoms with Crippen LogP contribution < -0.4 is 0 Å². The molecule has 4 heteroatoms. The summed E-state index contributed by atoms with van der Waals surface area (Å²) in [5.41, 5.74) is 0. The van der Waals surface area contributed by atoms with Crippen molar-refractivity contribution in [3.05, 3.63) is 0 Å². The molecule has 0 aliphatic rings. The predicted molar refractivity (Wildman–Crippen MR) is 32.9 cm³/mol. The van der Waals surface area contributed by atoms with Gasteiger partial charge < -0.3 is 15.3 Å².